The molecule has 126 valence electrons. The molecular weight excluding hydrogens is 326 g/mol. The number of nitrogens with zero attached hydrogens (tertiary/aromatic N) is 4. The van der Waals surface area contributed by atoms with Crippen molar-refractivity contribution in [3.63, 3.8) is 0 Å². The second-order valence-electron chi connectivity index (χ2n) is 5.70. The predicted molar refractivity (Wildman–Crippen MR) is 96.2 cm³/mol. The zero-order chi connectivity index (χ0) is 18.4. The van der Waals surface area contributed by atoms with E-state index in [4.69, 9.17) is 5.26 Å². The first-order valence-electron chi connectivity index (χ1n) is 7.97. The number of carbonyl (C=O) groups is 1. The Hall–Kier alpha value is -3.90. The van der Waals surface area contributed by atoms with Gasteiger partial charge in [-0.05, 0) is 42.3 Å². The van der Waals surface area contributed by atoms with E-state index in [0.29, 0.717) is 11.3 Å². The fourth-order valence-corrected chi connectivity index (χ4v) is 2.53. The lowest BCUT2D eigenvalue weighted by atomic mass is 9.99. The van der Waals surface area contributed by atoms with E-state index in [2.05, 4.69) is 10.3 Å². The summed E-state index contributed by atoms with van der Waals surface area (Å²) < 4.78 is 1.83. The third-order valence-electron chi connectivity index (χ3n) is 3.91. The fourth-order valence-electron chi connectivity index (χ4n) is 2.53. The Labute approximate surface area is 151 Å². The van der Waals surface area contributed by atoms with Gasteiger partial charge in [0.15, 0.2) is 0 Å². The van der Waals surface area contributed by atoms with Gasteiger partial charge >= 0.3 is 0 Å². The van der Waals surface area contributed by atoms with Crippen LogP contribution in [0.5, 0.6) is 0 Å². The van der Waals surface area contributed by atoms with Crippen LogP contribution in [-0.4, -0.2) is 15.5 Å². The zero-order valence-electron chi connectivity index (χ0n) is 13.8. The zero-order valence-corrected chi connectivity index (χ0v) is 13.8. The molecule has 1 aromatic heterocycles. The minimum absolute atomic E-state index is 0.287. The molecule has 0 spiro atoms. The van der Waals surface area contributed by atoms with Crippen LogP contribution in [0.4, 0.5) is 5.69 Å². The Morgan fingerprint density at radius 3 is 2.65 bits per heavy atom. The fraction of sp³-hybridized carbons (Fsp3) is 0.100. The van der Waals surface area contributed by atoms with Crippen molar-refractivity contribution in [1.82, 2.24) is 9.55 Å². The maximum Gasteiger partial charge on any atom is 0.242 e. The summed E-state index contributed by atoms with van der Waals surface area (Å²) in [6.45, 7) is 0. The molecular formula is C20H15N5O. The van der Waals surface area contributed by atoms with E-state index < -0.39 is 5.92 Å². The summed E-state index contributed by atoms with van der Waals surface area (Å²) in [5.41, 5.74) is 2.85. The SMILES string of the molecule is N#Cc1ccc(C[C@@H](C#N)C(=O)Nc2cccc(-n3ccnc3)c2)cc1. The first-order valence-corrected chi connectivity index (χ1v) is 7.97. The first-order chi connectivity index (χ1) is 12.7. The van der Waals surface area contributed by atoms with Gasteiger partial charge in [-0.25, -0.2) is 4.98 Å². The van der Waals surface area contributed by atoms with Crippen molar-refractivity contribution in [2.24, 2.45) is 5.92 Å². The minimum atomic E-state index is -0.820. The van der Waals surface area contributed by atoms with Gasteiger partial charge in [-0.3, -0.25) is 4.79 Å². The van der Waals surface area contributed by atoms with Gasteiger partial charge < -0.3 is 9.88 Å². The number of carbonyl (C=O) groups excluding carboxylic acids is 1. The molecule has 0 radical (unpaired) electrons. The molecule has 1 atom stereocenters. The Bertz CT molecular complexity index is 978. The molecule has 0 aliphatic heterocycles. The van der Waals surface area contributed by atoms with E-state index in [1.807, 2.05) is 41.1 Å². The highest BCUT2D eigenvalue weighted by molar-refractivity contribution is 5.94. The summed E-state index contributed by atoms with van der Waals surface area (Å²) >= 11 is 0. The largest absolute Gasteiger partial charge is 0.325 e. The number of benzene rings is 2. The van der Waals surface area contributed by atoms with Crippen LogP contribution in [0.25, 0.3) is 5.69 Å². The van der Waals surface area contributed by atoms with Crippen LogP contribution < -0.4 is 5.32 Å². The van der Waals surface area contributed by atoms with Crippen LogP contribution in [0.15, 0.2) is 67.3 Å². The average Bonchev–Trinajstić information content (AvgIpc) is 3.21. The van der Waals surface area contributed by atoms with Crippen molar-refractivity contribution < 1.29 is 4.79 Å². The van der Waals surface area contributed by atoms with Crippen LogP contribution in [-0.2, 0) is 11.2 Å². The van der Waals surface area contributed by atoms with Gasteiger partial charge in [0.25, 0.3) is 0 Å². The Morgan fingerprint density at radius 2 is 2.00 bits per heavy atom. The van der Waals surface area contributed by atoms with Crippen molar-refractivity contribution >= 4 is 11.6 Å². The lowest BCUT2D eigenvalue weighted by Gasteiger charge is -2.12. The maximum atomic E-state index is 12.5. The van der Waals surface area contributed by atoms with Gasteiger partial charge in [0.2, 0.25) is 5.91 Å². The number of nitrogens with one attached hydrogen (secondary N) is 1. The molecule has 26 heavy (non-hydrogen) atoms. The normalized spacial score (nSPS) is 11.2. The third kappa shape index (κ3) is 3.95. The highest BCUT2D eigenvalue weighted by Gasteiger charge is 2.18. The number of anilines is 1. The van der Waals surface area contributed by atoms with Gasteiger partial charge in [-0.15, -0.1) is 0 Å². The topological polar surface area (TPSA) is 94.5 Å². The average molecular weight is 341 g/mol. The number of hydrogen-bond acceptors (Lipinski definition) is 4. The van der Waals surface area contributed by atoms with E-state index in [9.17, 15) is 10.1 Å². The van der Waals surface area contributed by atoms with Crippen molar-refractivity contribution in [3.8, 4) is 17.8 Å². The van der Waals surface area contributed by atoms with Gasteiger partial charge in [0.05, 0.1) is 24.0 Å². The molecule has 3 rings (SSSR count). The number of nitriles is 2. The van der Waals surface area contributed by atoms with Crippen molar-refractivity contribution in [1.29, 1.82) is 10.5 Å². The Kier molecular flexibility index (Phi) is 5.07. The van der Waals surface area contributed by atoms with E-state index >= 15 is 0 Å². The van der Waals surface area contributed by atoms with Crippen molar-refractivity contribution in [2.45, 2.75) is 6.42 Å². The summed E-state index contributed by atoms with van der Waals surface area (Å²) in [7, 11) is 0. The van der Waals surface area contributed by atoms with Gasteiger partial charge in [-0.2, -0.15) is 10.5 Å². The second kappa shape index (κ2) is 7.78. The summed E-state index contributed by atoms with van der Waals surface area (Å²) in [4.78, 5) is 16.5. The molecule has 6 nitrogen and oxygen atoms in total. The molecule has 2 aromatic carbocycles. The molecule has 0 bridgehead atoms. The van der Waals surface area contributed by atoms with E-state index in [1.54, 1.807) is 42.9 Å². The minimum Gasteiger partial charge on any atom is -0.325 e. The van der Waals surface area contributed by atoms with E-state index in [0.717, 1.165) is 11.3 Å². The van der Waals surface area contributed by atoms with Crippen molar-refractivity contribution in [2.75, 3.05) is 5.32 Å². The van der Waals surface area contributed by atoms with Crippen LogP contribution in [0.1, 0.15) is 11.1 Å². The van der Waals surface area contributed by atoms with Crippen LogP contribution in [0, 0.1) is 28.6 Å². The highest BCUT2D eigenvalue weighted by Crippen LogP contribution is 2.17. The predicted octanol–water partition coefficient (Wildman–Crippen LogP) is 3.06. The standard InChI is InChI=1S/C20H15N5O/c21-12-16-6-4-15(5-7-16)10-17(13-22)20(26)24-18-2-1-3-19(11-18)25-9-8-23-14-25/h1-9,11,14,17H,10H2,(H,24,26)/t17-/m0/s1. The number of amides is 1. The van der Waals surface area contributed by atoms with Crippen LogP contribution in [0.2, 0.25) is 0 Å². The number of imidazole rings is 1. The third-order valence-corrected chi connectivity index (χ3v) is 3.91. The molecule has 0 aliphatic rings. The highest BCUT2D eigenvalue weighted by atomic mass is 16.1. The van der Waals surface area contributed by atoms with Gasteiger partial charge in [0.1, 0.15) is 5.92 Å². The van der Waals surface area contributed by atoms with E-state index in [1.165, 1.54) is 0 Å². The van der Waals surface area contributed by atoms with Gasteiger partial charge in [0, 0.05) is 23.8 Å². The maximum absolute atomic E-state index is 12.5. The number of rotatable bonds is 5. The Balaban J connectivity index is 1.70. The summed E-state index contributed by atoms with van der Waals surface area (Å²) in [6.07, 6.45) is 5.44. The molecule has 3 aromatic rings. The summed E-state index contributed by atoms with van der Waals surface area (Å²) in [6, 6.07) is 18.3. The van der Waals surface area contributed by atoms with Crippen molar-refractivity contribution in [3.05, 3.63) is 78.4 Å². The Morgan fingerprint density at radius 1 is 1.19 bits per heavy atom. The molecule has 1 amide bonds. The number of aromatic nitrogens is 2. The molecule has 1 N–H and O–H groups in total. The van der Waals surface area contributed by atoms with Gasteiger partial charge in [-0.1, -0.05) is 18.2 Å². The lowest BCUT2D eigenvalue weighted by Crippen LogP contribution is -2.23. The quantitative estimate of drug-likeness (QED) is 0.771. The summed E-state index contributed by atoms with van der Waals surface area (Å²) in [5.74, 6) is -1.18. The molecule has 0 fully saturated rings. The second-order valence-corrected chi connectivity index (χ2v) is 5.70. The molecule has 0 unspecified atom stereocenters. The monoisotopic (exact) mass is 341 g/mol. The molecule has 0 saturated heterocycles. The van der Waals surface area contributed by atoms with Crippen LogP contribution >= 0.6 is 0 Å². The molecule has 6 heteroatoms. The first kappa shape index (κ1) is 16.9. The van der Waals surface area contributed by atoms with E-state index in [-0.39, 0.29) is 12.3 Å². The summed E-state index contributed by atoms with van der Waals surface area (Å²) in [5, 5.41) is 21.0. The lowest BCUT2D eigenvalue weighted by molar-refractivity contribution is -0.118. The molecule has 1 heterocycles. The smallest absolute Gasteiger partial charge is 0.242 e. The molecule has 0 saturated carbocycles. The van der Waals surface area contributed by atoms with Crippen LogP contribution in [0.3, 0.4) is 0 Å². The molecule has 0 aliphatic carbocycles. The number of hydrogen-bond donors (Lipinski definition) is 1.